The molecule has 0 saturated carbocycles. The number of aromatic nitrogens is 1. The summed E-state index contributed by atoms with van der Waals surface area (Å²) in [6.07, 6.45) is 4.33. The van der Waals surface area contributed by atoms with Gasteiger partial charge in [0.25, 0.3) is 0 Å². The van der Waals surface area contributed by atoms with Crippen molar-refractivity contribution in [2.75, 3.05) is 24.6 Å². The first-order chi connectivity index (χ1) is 8.20. The van der Waals surface area contributed by atoms with E-state index >= 15 is 0 Å². The molecule has 1 saturated heterocycles. The van der Waals surface area contributed by atoms with Crippen LogP contribution in [-0.2, 0) is 4.74 Å². The lowest BCUT2D eigenvalue weighted by molar-refractivity contribution is 0.0525. The van der Waals surface area contributed by atoms with Gasteiger partial charge in [-0.2, -0.15) is 0 Å². The Hall–Kier alpha value is -0.320. The molecule has 1 atom stereocenters. The lowest BCUT2D eigenvalue weighted by Gasteiger charge is -2.33. The molecule has 94 valence electrons. The Kier molecular flexibility index (Phi) is 4.65. The average molecular weight is 320 g/mol. The van der Waals surface area contributed by atoms with Gasteiger partial charge in [0.15, 0.2) is 0 Å². The first kappa shape index (κ1) is 13.1. The van der Waals surface area contributed by atoms with Crippen LogP contribution in [0.2, 0.25) is 5.02 Å². The summed E-state index contributed by atoms with van der Waals surface area (Å²) in [7, 11) is 0. The molecule has 5 heteroatoms. The molecule has 17 heavy (non-hydrogen) atoms. The Morgan fingerprint density at radius 1 is 1.65 bits per heavy atom. The maximum atomic E-state index is 6.21. The largest absolute Gasteiger partial charge is 0.377 e. The molecule has 1 aliphatic heterocycles. The lowest BCUT2D eigenvalue weighted by atomic mass is 10.1. The van der Waals surface area contributed by atoms with Crippen LogP contribution in [0.15, 0.2) is 16.7 Å². The predicted molar refractivity (Wildman–Crippen MR) is 73.8 cm³/mol. The Labute approximate surface area is 115 Å². The topological polar surface area (TPSA) is 25.4 Å². The van der Waals surface area contributed by atoms with Gasteiger partial charge in [0.2, 0.25) is 0 Å². The van der Waals surface area contributed by atoms with Gasteiger partial charge in [-0.25, -0.2) is 4.98 Å². The summed E-state index contributed by atoms with van der Waals surface area (Å²) < 4.78 is 6.58. The van der Waals surface area contributed by atoms with Gasteiger partial charge in [0, 0.05) is 30.4 Å². The molecule has 0 N–H and O–H groups in total. The summed E-state index contributed by atoms with van der Waals surface area (Å²) in [6, 6.07) is 1.88. The number of hydrogen-bond acceptors (Lipinski definition) is 3. The second-order valence-corrected chi connectivity index (χ2v) is 5.45. The molecule has 0 spiro atoms. The monoisotopic (exact) mass is 318 g/mol. The maximum Gasteiger partial charge on any atom is 0.147 e. The summed E-state index contributed by atoms with van der Waals surface area (Å²) in [4.78, 5) is 6.59. The van der Waals surface area contributed by atoms with Crippen LogP contribution in [0.4, 0.5) is 5.82 Å². The molecule has 0 radical (unpaired) electrons. The zero-order chi connectivity index (χ0) is 12.3. The Bertz CT molecular complexity index is 387. The van der Waals surface area contributed by atoms with Crippen LogP contribution in [0.1, 0.15) is 19.8 Å². The Balaban J connectivity index is 2.10. The highest BCUT2D eigenvalue weighted by Gasteiger charge is 2.22. The van der Waals surface area contributed by atoms with E-state index in [0.29, 0.717) is 11.1 Å². The second kappa shape index (κ2) is 6.03. The Morgan fingerprint density at radius 3 is 3.18 bits per heavy atom. The SMILES string of the molecule is CCOC1CCCN(c2ncc(Br)cc2Cl)C1. The third kappa shape index (κ3) is 3.33. The molecule has 2 heterocycles. The third-order valence-electron chi connectivity index (χ3n) is 2.87. The summed E-state index contributed by atoms with van der Waals surface area (Å²) in [5.41, 5.74) is 0. The van der Waals surface area contributed by atoms with E-state index in [2.05, 4.69) is 25.8 Å². The summed E-state index contributed by atoms with van der Waals surface area (Å²) in [6.45, 7) is 4.67. The molecule has 1 aromatic rings. The maximum absolute atomic E-state index is 6.21. The van der Waals surface area contributed by atoms with Gasteiger partial charge in [0.1, 0.15) is 5.82 Å². The van der Waals surface area contributed by atoms with E-state index in [1.807, 2.05) is 13.0 Å². The van der Waals surface area contributed by atoms with Crippen LogP contribution >= 0.6 is 27.5 Å². The van der Waals surface area contributed by atoms with Crippen LogP contribution in [0, 0.1) is 0 Å². The highest BCUT2D eigenvalue weighted by molar-refractivity contribution is 9.10. The van der Waals surface area contributed by atoms with Crippen LogP contribution < -0.4 is 4.90 Å². The summed E-state index contributed by atoms with van der Waals surface area (Å²) >= 11 is 9.58. The van der Waals surface area contributed by atoms with Crippen LogP contribution in [-0.4, -0.2) is 30.8 Å². The minimum Gasteiger partial charge on any atom is -0.377 e. The zero-order valence-corrected chi connectivity index (χ0v) is 12.2. The van der Waals surface area contributed by atoms with E-state index in [1.54, 1.807) is 6.20 Å². The number of rotatable bonds is 3. The molecular weight excluding hydrogens is 304 g/mol. The van der Waals surface area contributed by atoms with Crippen molar-refractivity contribution in [3.63, 3.8) is 0 Å². The van der Waals surface area contributed by atoms with Gasteiger partial charge < -0.3 is 9.64 Å². The second-order valence-electron chi connectivity index (χ2n) is 4.12. The predicted octanol–water partition coefficient (Wildman–Crippen LogP) is 3.50. The molecule has 0 bridgehead atoms. The first-order valence-corrected chi connectivity index (χ1v) is 7.05. The lowest BCUT2D eigenvalue weighted by Crippen LogP contribution is -2.40. The van der Waals surface area contributed by atoms with E-state index in [1.165, 1.54) is 0 Å². The van der Waals surface area contributed by atoms with Crippen LogP contribution in [0.3, 0.4) is 0 Å². The zero-order valence-electron chi connectivity index (χ0n) is 9.83. The molecule has 0 amide bonds. The van der Waals surface area contributed by atoms with E-state index in [0.717, 1.165) is 42.8 Å². The van der Waals surface area contributed by atoms with E-state index < -0.39 is 0 Å². The summed E-state index contributed by atoms with van der Waals surface area (Å²) in [5.74, 6) is 0.860. The number of piperidine rings is 1. The van der Waals surface area contributed by atoms with Crippen molar-refractivity contribution in [3.8, 4) is 0 Å². The van der Waals surface area contributed by atoms with Crippen molar-refractivity contribution in [2.24, 2.45) is 0 Å². The summed E-state index contributed by atoms with van der Waals surface area (Å²) in [5, 5.41) is 0.691. The number of ether oxygens (including phenoxy) is 1. The highest BCUT2D eigenvalue weighted by atomic mass is 79.9. The number of nitrogens with zero attached hydrogens (tertiary/aromatic N) is 2. The minimum absolute atomic E-state index is 0.301. The van der Waals surface area contributed by atoms with Crippen molar-refractivity contribution in [3.05, 3.63) is 21.8 Å². The number of halogens is 2. The van der Waals surface area contributed by atoms with Gasteiger partial charge in [-0.15, -0.1) is 0 Å². The third-order valence-corrected chi connectivity index (χ3v) is 3.58. The fourth-order valence-corrected chi connectivity index (χ4v) is 2.89. The normalized spacial score (nSPS) is 20.6. The van der Waals surface area contributed by atoms with Crippen molar-refractivity contribution >= 4 is 33.3 Å². The van der Waals surface area contributed by atoms with E-state index in [4.69, 9.17) is 16.3 Å². The number of pyridine rings is 1. The molecule has 1 aromatic heterocycles. The fraction of sp³-hybridized carbons (Fsp3) is 0.583. The first-order valence-electron chi connectivity index (χ1n) is 5.88. The molecule has 1 fully saturated rings. The standard InChI is InChI=1S/C12H16BrClN2O/c1-2-17-10-4-3-5-16(8-10)12-11(14)6-9(13)7-15-12/h6-7,10H,2-5,8H2,1H3. The number of hydrogen-bond donors (Lipinski definition) is 0. The fourth-order valence-electron chi connectivity index (χ4n) is 2.14. The van der Waals surface area contributed by atoms with Crippen molar-refractivity contribution in [2.45, 2.75) is 25.9 Å². The van der Waals surface area contributed by atoms with Crippen molar-refractivity contribution < 1.29 is 4.74 Å². The van der Waals surface area contributed by atoms with E-state index in [-0.39, 0.29) is 0 Å². The smallest absolute Gasteiger partial charge is 0.147 e. The molecule has 0 aromatic carbocycles. The van der Waals surface area contributed by atoms with Crippen LogP contribution in [0.5, 0.6) is 0 Å². The van der Waals surface area contributed by atoms with Crippen LogP contribution in [0.25, 0.3) is 0 Å². The quantitative estimate of drug-likeness (QED) is 0.852. The average Bonchev–Trinajstić information content (AvgIpc) is 2.29. The Morgan fingerprint density at radius 2 is 2.47 bits per heavy atom. The van der Waals surface area contributed by atoms with Gasteiger partial charge in [-0.3, -0.25) is 0 Å². The molecular formula is C12H16BrClN2O. The van der Waals surface area contributed by atoms with Crippen molar-refractivity contribution in [1.82, 2.24) is 4.98 Å². The van der Waals surface area contributed by atoms with Gasteiger partial charge in [0.05, 0.1) is 11.1 Å². The molecule has 2 rings (SSSR count). The minimum atomic E-state index is 0.301. The van der Waals surface area contributed by atoms with E-state index in [9.17, 15) is 0 Å². The molecule has 0 aliphatic carbocycles. The highest BCUT2D eigenvalue weighted by Crippen LogP contribution is 2.28. The van der Waals surface area contributed by atoms with Crippen molar-refractivity contribution in [1.29, 1.82) is 0 Å². The molecule has 1 aliphatic rings. The van der Waals surface area contributed by atoms with Gasteiger partial charge in [-0.05, 0) is 41.8 Å². The molecule has 3 nitrogen and oxygen atoms in total. The molecule has 1 unspecified atom stereocenters. The number of anilines is 1. The van der Waals surface area contributed by atoms with Gasteiger partial charge >= 0.3 is 0 Å². The van der Waals surface area contributed by atoms with Gasteiger partial charge in [-0.1, -0.05) is 11.6 Å².